The van der Waals surface area contributed by atoms with Gasteiger partial charge >= 0.3 is 0 Å². The molecule has 206 valence electrons. The van der Waals surface area contributed by atoms with E-state index in [1.165, 1.54) is 18.2 Å². The number of ether oxygens (including phenoxy) is 1. The van der Waals surface area contributed by atoms with Gasteiger partial charge in [0.25, 0.3) is 5.91 Å². The van der Waals surface area contributed by atoms with E-state index in [2.05, 4.69) is 46.0 Å². The van der Waals surface area contributed by atoms with Crippen molar-refractivity contribution >= 4 is 34.8 Å². The maximum atomic E-state index is 15.7. The first-order valence-electron chi connectivity index (χ1n) is 12.9. The van der Waals surface area contributed by atoms with Gasteiger partial charge in [0.2, 0.25) is 5.95 Å². The van der Waals surface area contributed by atoms with Gasteiger partial charge in [0.05, 0.1) is 35.2 Å². The fraction of sp³-hybridized carbons (Fsp3) is 0.393. The predicted molar refractivity (Wildman–Crippen MR) is 149 cm³/mol. The number of morpholine rings is 1. The average Bonchev–Trinajstić information content (AvgIpc) is 2.92. The van der Waals surface area contributed by atoms with Crippen molar-refractivity contribution in [3.8, 4) is 11.1 Å². The summed E-state index contributed by atoms with van der Waals surface area (Å²) >= 11 is 6.16. The van der Waals surface area contributed by atoms with Crippen LogP contribution < -0.4 is 15.1 Å². The first-order chi connectivity index (χ1) is 18.7. The molecular weight excluding hydrogens is 526 g/mol. The molecule has 2 aliphatic heterocycles. The molecule has 0 aliphatic carbocycles. The number of hydrogen-bond acceptors (Lipinski definition) is 7. The Hall–Kier alpha value is -3.34. The average molecular weight is 557 g/mol. The van der Waals surface area contributed by atoms with Gasteiger partial charge in [0, 0.05) is 61.8 Å². The summed E-state index contributed by atoms with van der Waals surface area (Å²) in [5.74, 6) is -0.959. The standard InChI is InChI=1S/C28H31ClF2N6O2/c1-17-15-37(16-18(2)35(17)3)26-12-24(31)22(19-13-32-28(33-14-19)36-6-8-39-9-7-36)11-25(26)34-27(38)21-5-4-20(30)10-23(21)29/h4-5,10-14,17-18H,6-9,15-16H2,1-3H3,(H,34,38)/t17-,18+. The zero-order valence-corrected chi connectivity index (χ0v) is 22.9. The van der Waals surface area contributed by atoms with Gasteiger partial charge in [-0.1, -0.05) is 11.6 Å². The number of amides is 1. The molecule has 5 rings (SSSR count). The van der Waals surface area contributed by atoms with Gasteiger partial charge in [-0.05, 0) is 51.2 Å². The van der Waals surface area contributed by atoms with Gasteiger partial charge in [-0.2, -0.15) is 0 Å². The van der Waals surface area contributed by atoms with Crippen LogP contribution in [-0.4, -0.2) is 79.3 Å². The van der Waals surface area contributed by atoms with Crippen molar-refractivity contribution in [2.75, 3.05) is 61.6 Å². The van der Waals surface area contributed by atoms with Crippen LogP contribution in [0.2, 0.25) is 5.02 Å². The highest BCUT2D eigenvalue weighted by Crippen LogP contribution is 2.36. The molecule has 2 aliphatic rings. The second-order valence-corrected chi connectivity index (χ2v) is 10.5. The number of carbonyl (C=O) groups excluding carboxylic acids is 1. The Morgan fingerprint density at radius 3 is 2.33 bits per heavy atom. The zero-order valence-electron chi connectivity index (χ0n) is 22.1. The Morgan fingerprint density at radius 1 is 1.03 bits per heavy atom. The normalized spacial score (nSPS) is 20.3. The van der Waals surface area contributed by atoms with Crippen LogP contribution >= 0.6 is 11.6 Å². The minimum atomic E-state index is -0.540. The summed E-state index contributed by atoms with van der Waals surface area (Å²) in [6, 6.07) is 7.06. The third-order valence-electron chi connectivity index (χ3n) is 7.45. The number of benzene rings is 2. The van der Waals surface area contributed by atoms with Crippen molar-refractivity contribution in [3.63, 3.8) is 0 Å². The summed E-state index contributed by atoms with van der Waals surface area (Å²) in [6.07, 6.45) is 3.16. The molecule has 0 radical (unpaired) electrons. The van der Waals surface area contributed by atoms with Crippen LogP contribution in [0.3, 0.4) is 0 Å². The number of piperazine rings is 1. The minimum Gasteiger partial charge on any atom is -0.378 e. The van der Waals surface area contributed by atoms with Crippen LogP contribution in [0.5, 0.6) is 0 Å². The second-order valence-electron chi connectivity index (χ2n) is 10.1. The lowest BCUT2D eigenvalue weighted by Crippen LogP contribution is -2.55. The number of carbonyl (C=O) groups is 1. The zero-order chi connectivity index (χ0) is 27.7. The van der Waals surface area contributed by atoms with Gasteiger partial charge in [0.15, 0.2) is 0 Å². The number of likely N-dealkylation sites (N-methyl/N-ethyl adjacent to an activating group) is 1. The SMILES string of the molecule is C[C@@H]1CN(c2cc(F)c(-c3cnc(N4CCOCC4)nc3)cc2NC(=O)c2ccc(F)cc2Cl)C[C@H](C)N1C. The smallest absolute Gasteiger partial charge is 0.257 e. The highest BCUT2D eigenvalue weighted by atomic mass is 35.5. The largest absolute Gasteiger partial charge is 0.378 e. The van der Waals surface area contributed by atoms with E-state index in [1.807, 2.05) is 4.90 Å². The lowest BCUT2D eigenvalue weighted by Gasteiger charge is -2.44. The molecule has 2 fully saturated rings. The Balaban J connectivity index is 1.51. The molecule has 0 saturated carbocycles. The molecule has 0 unspecified atom stereocenters. The second kappa shape index (κ2) is 11.4. The van der Waals surface area contributed by atoms with Crippen molar-refractivity contribution in [2.24, 2.45) is 0 Å². The Morgan fingerprint density at radius 2 is 1.69 bits per heavy atom. The number of rotatable bonds is 5. The lowest BCUT2D eigenvalue weighted by molar-refractivity contribution is 0.102. The summed E-state index contributed by atoms with van der Waals surface area (Å²) in [7, 11) is 2.07. The third-order valence-corrected chi connectivity index (χ3v) is 7.77. The molecule has 1 aromatic heterocycles. The fourth-order valence-electron chi connectivity index (χ4n) is 5.00. The van der Waals surface area contributed by atoms with Crippen LogP contribution in [-0.2, 0) is 4.74 Å². The molecule has 3 heterocycles. The highest BCUT2D eigenvalue weighted by Gasteiger charge is 2.29. The van der Waals surface area contributed by atoms with Gasteiger partial charge in [-0.15, -0.1) is 0 Å². The van der Waals surface area contributed by atoms with E-state index in [9.17, 15) is 9.18 Å². The monoisotopic (exact) mass is 556 g/mol. The Bertz CT molecular complexity index is 1340. The molecule has 0 spiro atoms. The maximum Gasteiger partial charge on any atom is 0.257 e. The quantitative estimate of drug-likeness (QED) is 0.488. The van der Waals surface area contributed by atoms with E-state index in [1.54, 1.807) is 18.5 Å². The molecule has 1 amide bonds. The van der Waals surface area contributed by atoms with E-state index in [4.69, 9.17) is 16.3 Å². The van der Waals surface area contributed by atoms with E-state index in [-0.39, 0.29) is 28.2 Å². The van der Waals surface area contributed by atoms with Crippen LogP contribution in [0, 0.1) is 11.6 Å². The first kappa shape index (κ1) is 27.2. The van der Waals surface area contributed by atoms with E-state index in [0.717, 1.165) is 6.07 Å². The summed E-state index contributed by atoms with van der Waals surface area (Å²) < 4.78 is 34.6. The lowest BCUT2D eigenvalue weighted by atomic mass is 10.0. The van der Waals surface area contributed by atoms with Gasteiger partial charge < -0.3 is 19.9 Å². The predicted octanol–water partition coefficient (Wildman–Crippen LogP) is 4.69. The van der Waals surface area contributed by atoms with Crippen LogP contribution in [0.25, 0.3) is 11.1 Å². The fourth-order valence-corrected chi connectivity index (χ4v) is 5.25. The van der Waals surface area contributed by atoms with Crippen LogP contribution in [0.1, 0.15) is 24.2 Å². The number of halogens is 3. The van der Waals surface area contributed by atoms with Gasteiger partial charge in [-0.25, -0.2) is 18.7 Å². The van der Waals surface area contributed by atoms with Gasteiger partial charge in [-0.3, -0.25) is 9.69 Å². The van der Waals surface area contributed by atoms with Crippen molar-refractivity contribution in [1.82, 2.24) is 14.9 Å². The number of aromatic nitrogens is 2. The summed E-state index contributed by atoms with van der Waals surface area (Å²) in [6.45, 7) is 8.10. The molecular formula is C28H31ClF2N6O2. The van der Waals surface area contributed by atoms with E-state index < -0.39 is 17.5 Å². The summed E-state index contributed by atoms with van der Waals surface area (Å²) in [5.41, 5.74) is 1.82. The molecule has 8 nitrogen and oxygen atoms in total. The number of nitrogens with zero attached hydrogens (tertiary/aromatic N) is 5. The molecule has 2 saturated heterocycles. The molecule has 3 aromatic rings. The topological polar surface area (TPSA) is 73.8 Å². The van der Waals surface area contributed by atoms with E-state index >= 15 is 4.39 Å². The van der Waals surface area contributed by atoms with Crippen molar-refractivity contribution in [1.29, 1.82) is 0 Å². The first-order valence-corrected chi connectivity index (χ1v) is 13.3. The van der Waals surface area contributed by atoms with Crippen molar-refractivity contribution in [3.05, 3.63) is 64.9 Å². The molecule has 1 N–H and O–H groups in total. The molecule has 2 aromatic carbocycles. The summed E-state index contributed by atoms with van der Waals surface area (Å²) in [4.78, 5) is 28.5. The summed E-state index contributed by atoms with van der Waals surface area (Å²) in [5, 5.41) is 2.89. The molecule has 39 heavy (non-hydrogen) atoms. The number of nitrogens with one attached hydrogen (secondary N) is 1. The van der Waals surface area contributed by atoms with Crippen LogP contribution in [0.4, 0.5) is 26.1 Å². The Kier molecular flexibility index (Phi) is 7.97. The third kappa shape index (κ3) is 5.83. The maximum absolute atomic E-state index is 15.7. The highest BCUT2D eigenvalue weighted by molar-refractivity contribution is 6.34. The number of anilines is 3. The van der Waals surface area contributed by atoms with E-state index in [0.29, 0.717) is 62.3 Å². The van der Waals surface area contributed by atoms with Gasteiger partial charge in [0.1, 0.15) is 11.6 Å². The van der Waals surface area contributed by atoms with Crippen molar-refractivity contribution < 1.29 is 18.3 Å². The minimum absolute atomic E-state index is 0.00896. The molecule has 11 heteroatoms. The Labute approximate surface area is 231 Å². The number of hydrogen-bond donors (Lipinski definition) is 1. The molecule has 0 bridgehead atoms. The van der Waals surface area contributed by atoms with Crippen molar-refractivity contribution in [2.45, 2.75) is 25.9 Å². The molecule has 2 atom stereocenters. The van der Waals surface area contributed by atoms with Crippen LogP contribution in [0.15, 0.2) is 42.7 Å².